The van der Waals surface area contributed by atoms with E-state index in [-0.39, 0.29) is 19.2 Å². The van der Waals surface area contributed by atoms with Crippen molar-refractivity contribution in [3.05, 3.63) is 0 Å². The standard InChI is InChI=1S/C29H56O9/c1-3-5-7-9-10-11-12-13-15-17-19-35-21-23(37-25(31)18-16-14-8-6-4-2)22-36-29-28(34)27(33)26(32)24(20-30)38-29/h23-24,26-30,32-34H,3-22H2,1-2H3. The molecular weight excluding hydrogens is 492 g/mol. The quantitative estimate of drug-likeness (QED) is 0.104. The van der Waals surface area contributed by atoms with Gasteiger partial charge in [-0.05, 0) is 12.8 Å². The highest BCUT2D eigenvalue weighted by atomic mass is 16.7. The van der Waals surface area contributed by atoms with Crippen molar-refractivity contribution in [3.63, 3.8) is 0 Å². The molecule has 0 bridgehead atoms. The Kier molecular flexibility index (Phi) is 21.3. The van der Waals surface area contributed by atoms with Crippen LogP contribution in [0.4, 0.5) is 0 Å². The average molecular weight is 549 g/mol. The van der Waals surface area contributed by atoms with Crippen LogP contribution >= 0.6 is 0 Å². The molecule has 0 saturated carbocycles. The molecule has 0 aromatic heterocycles. The van der Waals surface area contributed by atoms with Crippen molar-refractivity contribution in [3.8, 4) is 0 Å². The second kappa shape index (κ2) is 22.9. The second-order valence-electron chi connectivity index (χ2n) is 10.6. The fraction of sp³-hybridized carbons (Fsp3) is 0.966. The third kappa shape index (κ3) is 15.7. The van der Waals surface area contributed by atoms with Gasteiger partial charge in [0.1, 0.15) is 30.5 Å². The van der Waals surface area contributed by atoms with E-state index in [2.05, 4.69) is 13.8 Å². The highest BCUT2D eigenvalue weighted by Gasteiger charge is 2.44. The van der Waals surface area contributed by atoms with Crippen LogP contribution in [0.1, 0.15) is 117 Å². The minimum absolute atomic E-state index is 0.109. The lowest BCUT2D eigenvalue weighted by Gasteiger charge is -2.39. The first kappa shape index (κ1) is 35.2. The number of unbranched alkanes of at least 4 members (excludes halogenated alkanes) is 13. The van der Waals surface area contributed by atoms with E-state index in [1.165, 1.54) is 51.4 Å². The third-order valence-corrected chi connectivity index (χ3v) is 7.02. The molecule has 1 heterocycles. The highest BCUT2D eigenvalue weighted by Crippen LogP contribution is 2.22. The average Bonchev–Trinajstić information content (AvgIpc) is 2.91. The minimum atomic E-state index is -1.53. The maximum absolute atomic E-state index is 12.4. The number of ether oxygens (including phenoxy) is 4. The predicted octanol–water partition coefficient (Wildman–Crippen LogP) is 4.01. The van der Waals surface area contributed by atoms with E-state index in [0.717, 1.165) is 44.9 Å². The van der Waals surface area contributed by atoms with E-state index >= 15 is 0 Å². The van der Waals surface area contributed by atoms with Crippen LogP contribution in [0.25, 0.3) is 0 Å². The van der Waals surface area contributed by atoms with Gasteiger partial charge >= 0.3 is 5.97 Å². The van der Waals surface area contributed by atoms with Crippen LogP contribution < -0.4 is 0 Å². The summed E-state index contributed by atoms with van der Waals surface area (Å²) in [6.07, 6.45) is 10.3. The number of esters is 1. The van der Waals surface area contributed by atoms with Gasteiger partial charge in [0, 0.05) is 13.0 Å². The molecule has 6 atom stereocenters. The first-order chi connectivity index (χ1) is 18.4. The number of carbonyl (C=O) groups is 1. The van der Waals surface area contributed by atoms with Crippen LogP contribution in [0.15, 0.2) is 0 Å². The monoisotopic (exact) mass is 548 g/mol. The third-order valence-electron chi connectivity index (χ3n) is 7.02. The predicted molar refractivity (Wildman–Crippen MR) is 146 cm³/mol. The summed E-state index contributed by atoms with van der Waals surface area (Å²) in [7, 11) is 0. The number of aliphatic hydroxyl groups is 4. The van der Waals surface area contributed by atoms with Crippen molar-refractivity contribution in [2.45, 2.75) is 153 Å². The van der Waals surface area contributed by atoms with Gasteiger partial charge in [-0.15, -0.1) is 0 Å². The molecule has 0 radical (unpaired) electrons. The van der Waals surface area contributed by atoms with Crippen molar-refractivity contribution >= 4 is 5.97 Å². The van der Waals surface area contributed by atoms with Gasteiger partial charge in [0.15, 0.2) is 6.29 Å². The van der Waals surface area contributed by atoms with Gasteiger partial charge in [-0.2, -0.15) is 0 Å². The Balaban J connectivity index is 2.39. The lowest BCUT2D eigenvalue weighted by molar-refractivity contribution is -0.305. The van der Waals surface area contributed by atoms with Gasteiger partial charge in [-0.3, -0.25) is 4.79 Å². The van der Waals surface area contributed by atoms with E-state index in [0.29, 0.717) is 13.0 Å². The fourth-order valence-corrected chi connectivity index (χ4v) is 4.55. The first-order valence-corrected chi connectivity index (χ1v) is 15.1. The zero-order valence-corrected chi connectivity index (χ0v) is 23.9. The first-order valence-electron chi connectivity index (χ1n) is 15.1. The highest BCUT2D eigenvalue weighted by molar-refractivity contribution is 5.69. The normalized spacial score (nSPS) is 24.4. The van der Waals surface area contributed by atoms with Crippen molar-refractivity contribution in [2.75, 3.05) is 26.4 Å². The Morgan fingerprint density at radius 2 is 1.29 bits per heavy atom. The van der Waals surface area contributed by atoms with E-state index in [9.17, 15) is 25.2 Å². The Morgan fingerprint density at radius 1 is 0.737 bits per heavy atom. The van der Waals surface area contributed by atoms with E-state index in [4.69, 9.17) is 18.9 Å². The van der Waals surface area contributed by atoms with Gasteiger partial charge < -0.3 is 39.4 Å². The van der Waals surface area contributed by atoms with Gasteiger partial charge in [0.05, 0.1) is 19.8 Å². The molecule has 9 nitrogen and oxygen atoms in total. The van der Waals surface area contributed by atoms with Crippen LogP contribution in [0, 0.1) is 0 Å². The molecule has 0 aromatic carbocycles. The fourth-order valence-electron chi connectivity index (χ4n) is 4.55. The smallest absolute Gasteiger partial charge is 0.306 e. The zero-order chi connectivity index (χ0) is 28.0. The molecule has 1 aliphatic rings. The lowest BCUT2D eigenvalue weighted by atomic mass is 9.99. The molecular formula is C29H56O9. The summed E-state index contributed by atoms with van der Waals surface area (Å²) in [5, 5.41) is 39.5. The molecule has 1 rings (SSSR count). The van der Waals surface area contributed by atoms with Crippen LogP contribution in [-0.4, -0.2) is 89.6 Å². The lowest BCUT2D eigenvalue weighted by Crippen LogP contribution is -2.59. The molecule has 4 N–H and O–H groups in total. The van der Waals surface area contributed by atoms with E-state index in [1.54, 1.807) is 0 Å². The Hall–Kier alpha value is -0.810. The summed E-state index contributed by atoms with van der Waals surface area (Å²) >= 11 is 0. The van der Waals surface area contributed by atoms with Crippen molar-refractivity contribution in [2.24, 2.45) is 0 Å². The molecule has 9 heteroatoms. The summed E-state index contributed by atoms with van der Waals surface area (Å²) in [4.78, 5) is 12.4. The number of carbonyl (C=O) groups excluding carboxylic acids is 1. The van der Waals surface area contributed by atoms with Gasteiger partial charge in [0.25, 0.3) is 0 Å². The molecule has 6 unspecified atom stereocenters. The molecule has 1 aliphatic heterocycles. The zero-order valence-electron chi connectivity index (χ0n) is 23.9. The molecule has 0 aliphatic carbocycles. The SMILES string of the molecule is CCCCCCCCCCCCOCC(COC1OC(CO)C(O)C(O)C1O)OC(=O)CCCCCCC. The maximum atomic E-state index is 12.4. The maximum Gasteiger partial charge on any atom is 0.306 e. The molecule has 0 amide bonds. The molecule has 0 spiro atoms. The minimum Gasteiger partial charge on any atom is -0.457 e. The topological polar surface area (TPSA) is 135 Å². The summed E-state index contributed by atoms with van der Waals surface area (Å²) in [5.41, 5.74) is 0. The second-order valence-corrected chi connectivity index (χ2v) is 10.6. The van der Waals surface area contributed by atoms with Crippen molar-refractivity contribution in [1.29, 1.82) is 0 Å². The number of hydrogen-bond acceptors (Lipinski definition) is 9. The molecule has 1 saturated heterocycles. The van der Waals surface area contributed by atoms with Gasteiger partial charge in [-0.1, -0.05) is 97.3 Å². The number of rotatable bonds is 24. The molecule has 0 aromatic rings. The van der Waals surface area contributed by atoms with E-state index < -0.39 is 43.4 Å². The number of aliphatic hydroxyl groups excluding tert-OH is 4. The van der Waals surface area contributed by atoms with Crippen LogP contribution in [0.2, 0.25) is 0 Å². The van der Waals surface area contributed by atoms with Crippen LogP contribution in [-0.2, 0) is 23.7 Å². The Morgan fingerprint density at radius 3 is 1.87 bits per heavy atom. The molecule has 1 fully saturated rings. The number of hydrogen-bond donors (Lipinski definition) is 4. The van der Waals surface area contributed by atoms with Crippen molar-refractivity contribution in [1.82, 2.24) is 0 Å². The van der Waals surface area contributed by atoms with E-state index in [1.807, 2.05) is 0 Å². The van der Waals surface area contributed by atoms with Crippen LogP contribution in [0.3, 0.4) is 0 Å². The summed E-state index contributed by atoms with van der Waals surface area (Å²) in [6.45, 7) is 4.44. The summed E-state index contributed by atoms with van der Waals surface area (Å²) in [5.74, 6) is -0.327. The largest absolute Gasteiger partial charge is 0.457 e. The van der Waals surface area contributed by atoms with Gasteiger partial charge in [0.2, 0.25) is 0 Å². The molecule has 38 heavy (non-hydrogen) atoms. The van der Waals surface area contributed by atoms with Crippen LogP contribution in [0.5, 0.6) is 0 Å². The summed E-state index contributed by atoms with van der Waals surface area (Å²) in [6, 6.07) is 0. The Bertz CT molecular complexity index is 560. The van der Waals surface area contributed by atoms with Gasteiger partial charge in [-0.25, -0.2) is 0 Å². The molecule has 226 valence electrons. The Labute approximate surface area is 230 Å². The summed E-state index contributed by atoms with van der Waals surface area (Å²) < 4.78 is 22.4. The van der Waals surface area contributed by atoms with Crippen molar-refractivity contribution < 1.29 is 44.2 Å².